The van der Waals surface area contributed by atoms with Crippen molar-refractivity contribution < 1.29 is 18.0 Å². The molecule has 1 fully saturated rings. The normalized spacial score (nSPS) is 21.5. The van der Waals surface area contributed by atoms with Crippen molar-refractivity contribution in [3.05, 3.63) is 0 Å². The zero-order valence-electron chi connectivity index (χ0n) is 8.24. The molecule has 1 N–H and O–H groups in total. The maximum atomic E-state index is 11.9. The summed E-state index contributed by atoms with van der Waals surface area (Å²) in [5.74, 6) is -1.82. The van der Waals surface area contributed by atoms with E-state index in [9.17, 15) is 18.0 Å². The van der Waals surface area contributed by atoms with Crippen molar-refractivity contribution in [3.8, 4) is 0 Å². The zero-order valence-corrected chi connectivity index (χ0v) is 8.24. The largest absolute Gasteiger partial charge is 0.471 e. The van der Waals surface area contributed by atoms with Crippen LogP contribution in [0, 0.1) is 5.41 Å². The summed E-state index contributed by atoms with van der Waals surface area (Å²) in [5, 5.41) is 2.05. The first-order valence-corrected chi connectivity index (χ1v) is 4.67. The van der Waals surface area contributed by atoms with Crippen LogP contribution in [0.4, 0.5) is 13.2 Å². The van der Waals surface area contributed by atoms with Crippen LogP contribution >= 0.6 is 0 Å². The fourth-order valence-corrected chi connectivity index (χ4v) is 1.55. The van der Waals surface area contributed by atoms with Crippen molar-refractivity contribution in [2.24, 2.45) is 5.41 Å². The molecule has 1 saturated carbocycles. The summed E-state index contributed by atoms with van der Waals surface area (Å²) in [6, 6.07) is -0.350. The van der Waals surface area contributed by atoms with Crippen LogP contribution < -0.4 is 5.32 Å². The molecule has 0 radical (unpaired) electrons. The average Bonchev–Trinajstić information content (AvgIpc) is 2.78. The summed E-state index contributed by atoms with van der Waals surface area (Å²) in [6.45, 7) is 3.68. The number of carbonyl (C=O) groups excluding carboxylic acids is 1. The number of nitrogens with one attached hydrogen (secondary N) is 1. The molecule has 1 atom stereocenters. The molecule has 2 nitrogen and oxygen atoms in total. The van der Waals surface area contributed by atoms with E-state index in [0.717, 1.165) is 12.8 Å². The molecule has 0 aliphatic heterocycles. The molecule has 1 unspecified atom stereocenters. The van der Waals surface area contributed by atoms with Gasteiger partial charge in [0.1, 0.15) is 0 Å². The Morgan fingerprint density at radius 2 is 2.00 bits per heavy atom. The Morgan fingerprint density at radius 1 is 1.50 bits per heavy atom. The van der Waals surface area contributed by atoms with Crippen LogP contribution in [0.25, 0.3) is 0 Å². The number of amides is 1. The predicted octanol–water partition coefficient (Wildman–Crippen LogP) is 2.24. The highest BCUT2D eigenvalue weighted by atomic mass is 19.4. The molecular formula is C9H14F3NO. The molecule has 0 aromatic rings. The molecule has 1 aliphatic carbocycles. The van der Waals surface area contributed by atoms with Crippen LogP contribution in [0.2, 0.25) is 0 Å². The van der Waals surface area contributed by atoms with Crippen LogP contribution in [0.3, 0.4) is 0 Å². The molecule has 5 heteroatoms. The standard InChI is InChI=1S/C9H14F3NO/c1-3-6(8(2)4-5-8)13-7(14)9(10,11)12/h6H,3-5H2,1-2H3,(H,13,14). The molecular weight excluding hydrogens is 195 g/mol. The first-order chi connectivity index (χ1) is 6.29. The molecule has 1 aliphatic rings. The third-order valence-electron chi connectivity index (χ3n) is 2.85. The van der Waals surface area contributed by atoms with E-state index in [1.165, 1.54) is 0 Å². The number of carbonyl (C=O) groups is 1. The second-order valence-corrected chi connectivity index (χ2v) is 4.09. The number of hydrogen-bond acceptors (Lipinski definition) is 1. The predicted molar refractivity (Wildman–Crippen MR) is 45.6 cm³/mol. The molecule has 0 bridgehead atoms. The van der Waals surface area contributed by atoms with E-state index < -0.39 is 12.1 Å². The summed E-state index contributed by atoms with van der Waals surface area (Å²) in [7, 11) is 0. The molecule has 1 rings (SSSR count). The number of rotatable bonds is 3. The molecule has 0 spiro atoms. The lowest BCUT2D eigenvalue weighted by Crippen LogP contribution is -2.46. The smallest absolute Gasteiger partial charge is 0.345 e. The van der Waals surface area contributed by atoms with Crippen molar-refractivity contribution in [2.45, 2.75) is 45.3 Å². The van der Waals surface area contributed by atoms with Gasteiger partial charge in [-0.05, 0) is 24.7 Å². The van der Waals surface area contributed by atoms with Gasteiger partial charge in [0, 0.05) is 6.04 Å². The lowest BCUT2D eigenvalue weighted by molar-refractivity contribution is -0.174. The highest BCUT2D eigenvalue weighted by Gasteiger charge is 2.48. The van der Waals surface area contributed by atoms with E-state index in [4.69, 9.17) is 0 Å². The molecule has 0 aromatic heterocycles. The molecule has 82 valence electrons. The molecule has 0 heterocycles. The van der Waals surface area contributed by atoms with Crippen molar-refractivity contribution in [1.29, 1.82) is 0 Å². The van der Waals surface area contributed by atoms with Crippen molar-refractivity contribution >= 4 is 5.91 Å². The molecule has 0 aromatic carbocycles. The van der Waals surface area contributed by atoms with Crippen LogP contribution in [0.1, 0.15) is 33.1 Å². The van der Waals surface area contributed by atoms with Crippen LogP contribution in [0.15, 0.2) is 0 Å². The average molecular weight is 209 g/mol. The maximum Gasteiger partial charge on any atom is 0.471 e. The Morgan fingerprint density at radius 3 is 2.29 bits per heavy atom. The van der Waals surface area contributed by atoms with Gasteiger partial charge in [-0.25, -0.2) is 0 Å². The van der Waals surface area contributed by atoms with Gasteiger partial charge < -0.3 is 5.32 Å². The van der Waals surface area contributed by atoms with Gasteiger partial charge in [-0.2, -0.15) is 13.2 Å². The van der Waals surface area contributed by atoms with Gasteiger partial charge in [0.15, 0.2) is 0 Å². The van der Waals surface area contributed by atoms with Gasteiger partial charge in [-0.1, -0.05) is 13.8 Å². The summed E-state index contributed by atoms with van der Waals surface area (Å²) in [6.07, 6.45) is -2.44. The van der Waals surface area contributed by atoms with Gasteiger partial charge >= 0.3 is 12.1 Å². The van der Waals surface area contributed by atoms with E-state index in [-0.39, 0.29) is 11.5 Å². The highest BCUT2D eigenvalue weighted by Crippen LogP contribution is 2.49. The minimum atomic E-state index is -4.77. The fourth-order valence-electron chi connectivity index (χ4n) is 1.55. The Labute approximate surface area is 80.9 Å². The topological polar surface area (TPSA) is 29.1 Å². The Bertz CT molecular complexity index is 233. The van der Waals surface area contributed by atoms with E-state index in [1.54, 1.807) is 6.92 Å². The lowest BCUT2D eigenvalue weighted by atomic mass is 9.96. The van der Waals surface area contributed by atoms with Crippen LogP contribution in [-0.2, 0) is 4.79 Å². The minimum Gasteiger partial charge on any atom is -0.345 e. The van der Waals surface area contributed by atoms with Gasteiger partial charge in [0.25, 0.3) is 0 Å². The van der Waals surface area contributed by atoms with Crippen molar-refractivity contribution in [3.63, 3.8) is 0 Å². The monoisotopic (exact) mass is 209 g/mol. The second-order valence-electron chi connectivity index (χ2n) is 4.09. The number of halogens is 3. The van der Waals surface area contributed by atoms with Gasteiger partial charge in [-0.15, -0.1) is 0 Å². The van der Waals surface area contributed by atoms with Gasteiger partial charge in [0.05, 0.1) is 0 Å². The summed E-state index contributed by atoms with van der Waals surface area (Å²) < 4.78 is 35.8. The fraction of sp³-hybridized carbons (Fsp3) is 0.889. The van der Waals surface area contributed by atoms with Crippen LogP contribution in [0.5, 0.6) is 0 Å². The molecule has 14 heavy (non-hydrogen) atoms. The SMILES string of the molecule is CCC(NC(=O)C(F)(F)F)C1(C)CC1. The summed E-state index contributed by atoms with van der Waals surface area (Å²) in [5.41, 5.74) is -0.115. The summed E-state index contributed by atoms with van der Waals surface area (Å²) in [4.78, 5) is 10.7. The van der Waals surface area contributed by atoms with Crippen molar-refractivity contribution in [1.82, 2.24) is 5.32 Å². The number of alkyl halides is 3. The first-order valence-electron chi connectivity index (χ1n) is 4.67. The maximum absolute atomic E-state index is 11.9. The Hall–Kier alpha value is -0.740. The molecule has 0 saturated heterocycles. The summed E-state index contributed by atoms with van der Waals surface area (Å²) >= 11 is 0. The van der Waals surface area contributed by atoms with E-state index >= 15 is 0 Å². The first kappa shape index (κ1) is 11.3. The lowest BCUT2D eigenvalue weighted by Gasteiger charge is -2.23. The van der Waals surface area contributed by atoms with E-state index in [0.29, 0.717) is 6.42 Å². The van der Waals surface area contributed by atoms with Crippen LogP contribution in [-0.4, -0.2) is 18.1 Å². The van der Waals surface area contributed by atoms with Gasteiger partial charge in [-0.3, -0.25) is 4.79 Å². The third-order valence-corrected chi connectivity index (χ3v) is 2.85. The Balaban J connectivity index is 2.53. The highest BCUT2D eigenvalue weighted by molar-refractivity contribution is 5.82. The van der Waals surface area contributed by atoms with Gasteiger partial charge in [0.2, 0.25) is 0 Å². The number of hydrogen-bond donors (Lipinski definition) is 1. The van der Waals surface area contributed by atoms with E-state index in [1.807, 2.05) is 12.2 Å². The zero-order chi connectivity index (χ0) is 11.0. The second kappa shape index (κ2) is 3.44. The minimum absolute atomic E-state index is 0.115. The molecule has 1 amide bonds. The third kappa shape index (κ3) is 2.39. The van der Waals surface area contributed by atoms with E-state index in [2.05, 4.69) is 0 Å². The Kier molecular flexibility index (Phi) is 2.78. The quantitative estimate of drug-likeness (QED) is 0.758. The van der Waals surface area contributed by atoms with Crippen molar-refractivity contribution in [2.75, 3.05) is 0 Å².